The first-order valence-corrected chi connectivity index (χ1v) is 9.24. The summed E-state index contributed by atoms with van der Waals surface area (Å²) in [5.74, 6) is -0.493. The Bertz CT molecular complexity index is 762. The fourth-order valence-electron chi connectivity index (χ4n) is 3.08. The molecule has 0 spiro atoms. The maximum atomic E-state index is 13.4. The zero-order valence-corrected chi connectivity index (χ0v) is 15.4. The molecular weight excluding hydrogens is 349 g/mol. The SMILES string of the molecule is COc1nc(-c2ccc(C(=O)NCCCC[C@H]3CCCO3)cc2)ncc1F. The number of hydrogen-bond acceptors (Lipinski definition) is 5. The van der Waals surface area contributed by atoms with Crippen LogP contribution in [0.1, 0.15) is 42.5 Å². The molecule has 1 saturated heterocycles. The highest BCUT2D eigenvalue weighted by Gasteiger charge is 2.14. The highest BCUT2D eigenvalue weighted by Crippen LogP contribution is 2.20. The Morgan fingerprint density at radius 3 is 2.85 bits per heavy atom. The maximum Gasteiger partial charge on any atom is 0.253 e. The summed E-state index contributed by atoms with van der Waals surface area (Å²) < 4.78 is 23.9. The van der Waals surface area contributed by atoms with Crippen LogP contribution in [-0.4, -0.2) is 42.2 Å². The number of amides is 1. The highest BCUT2D eigenvalue weighted by atomic mass is 19.1. The Labute approximate surface area is 158 Å². The van der Waals surface area contributed by atoms with E-state index in [9.17, 15) is 9.18 Å². The summed E-state index contributed by atoms with van der Waals surface area (Å²) in [5, 5.41) is 2.93. The van der Waals surface area contributed by atoms with E-state index in [1.54, 1.807) is 24.3 Å². The molecule has 3 rings (SSSR count). The number of benzene rings is 1. The Hall–Kier alpha value is -2.54. The first-order chi connectivity index (χ1) is 13.2. The van der Waals surface area contributed by atoms with Crippen molar-refractivity contribution in [2.75, 3.05) is 20.3 Å². The Morgan fingerprint density at radius 2 is 2.15 bits per heavy atom. The molecule has 1 atom stereocenters. The molecule has 144 valence electrons. The number of methoxy groups -OCH3 is 1. The molecule has 0 unspecified atom stereocenters. The van der Waals surface area contributed by atoms with E-state index >= 15 is 0 Å². The van der Waals surface area contributed by atoms with Crippen molar-refractivity contribution in [3.05, 3.63) is 41.8 Å². The summed E-state index contributed by atoms with van der Waals surface area (Å²) in [7, 11) is 1.35. The van der Waals surface area contributed by atoms with Crippen molar-refractivity contribution in [3.8, 4) is 17.3 Å². The van der Waals surface area contributed by atoms with Crippen molar-refractivity contribution < 1.29 is 18.7 Å². The predicted molar refractivity (Wildman–Crippen MR) is 99.1 cm³/mol. The number of unbranched alkanes of at least 4 members (excludes halogenated alkanes) is 1. The Kier molecular flexibility index (Phi) is 6.70. The van der Waals surface area contributed by atoms with Gasteiger partial charge in [0.1, 0.15) is 0 Å². The van der Waals surface area contributed by atoms with Crippen LogP contribution >= 0.6 is 0 Å². The third kappa shape index (κ3) is 5.23. The zero-order chi connectivity index (χ0) is 19.1. The highest BCUT2D eigenvalue weighted by molar-refractivity contribution is 5.94. The molecule has 1 aliphatic heterocycles. The Morgan fingerprint density at radius 1 is 1.33 bits per heavy atom. The van der Waals surface area contributed by atoms with Gasteiger partial charge in [-0.05, 0) is 44.2 Å². The summed E-state index contributed by atoms with van der Waals surface area (Å²) in [6, 6.07) is 6.88. The molecule has 0 radical (unpaired) electrons. The lowest BCUT2D eigenvalue weighted by atomic mass is 10.1. The van der Waals surface area contributed by atoms with Crippen molar-refractivity contribution in [3.63, 3.8) is 0 Å². The van der Waals surface area contributed by atoms with Gasteiger partial charge in [-0.15, -0.1) is 0 Å². The number of aromatic nitrogens is 2. The smallest absolute Gasteiger partial charge is 0.253 e. The lowest BCUT2D eigenvalue weighted by Gasteiger charge is -2.09. The second-order valence-electron chi connectivity index (χ2n) is 6.51. The van der Waals surface area contributed by atoms with Crippen molar-refractivity contribution in [1.82, 2.24) is 15.3 Å². The molecule has 6 nitrogen and oxygen atoms in total. The predicted octanol–water partition coefficient (Wildman–Crippen LogP) is 3.37. The standard InChI is InChI=1S/C20H24FN3O3/c1-26-20-17(21)13-23-18(24-20)14-7-9-15(10-8-14)19(25)22-11-3-2-5-16-6-4-12-27-16/h7-10,13,16H,2-6,11-12H2,1H3,(H,22,25)/t16-/m0/s1. The average molecular weight is 373 g/mol. The lowest BCUT2D eigenvalue weighted by Crippen LogP contribution is -2.24. The van der Waals surface area contributed by atoms with Crippen LogP contribution in [0, 0.1) is 5.82 Å². The van der Waals surface area contributed by atoms with E-state index in [1.807, 2.05) is 0 Å². The number of rotatable bonds is 8. The van der Waals surface area contributed by atoms with E-state index in [1.165, 1.54) is 7.11 Å². The van der Waals surface area contributed by atoms with E-state index in [2.05, 4.69) is 15.3 Å². The van der Waals surface area contributed by atoms with Gasteiger partial charge in [0.05, 0.1) is 19.4 Å². The molecule has 2 aromatic rings. The lowest BCUT2D eigenvalue weighted by molar-refractivity contribution is 0.0947. The maximum absolute atomic E-state index is 13.4. The summed E-state index contributed by atoms with van der Waals surface area (Å²) >= 11 is 0. The summed E-state index contributed by atoms with van der Waals surface area (Å²) in [5.41, 5.74) is 1.24. The second kappa shape index (κ2) is 9.41. The van der Waals surface area contributed by atoms with Gasteiger partial charge in [0.15, 0.2) is 5.82 Å². The first-order valence-electron chi connectivity index (χ1n) is 9.24. The minimum atomic E-state index is -0.614. The van der Waals surface area contributed by atoms with Crippen LogP contribution in [0.15, 0.2) is 30.5 Å². The normalized spacial score (nSPS) is 16.3. The fourth-order valence-corrected chi connectivity index (χ4v) is 3.08. The molecule has 1 aliphatic rings. The van der Waals surface area contributed by atoms with Gasteiger partial charge in [-0.2, -0.15) is 9.37 Å². The molecule has 2 heterocycles. The van der Waals surface area contributed by atoms with Gasteiger partial charge in [0.25, 0.3) is 11.8 Å². The topological polar surface area (TPSA) is 73.3 Å². The number of carbonyl (C=O) groups excluding carboxylic acids is 1. The summed E-state index contributed by atoms with van der Waals surface area (Å²) in [6.07, 6.45) is 6.83. The van der Waals surface area contributed by atoms with Crippen LogP contribution in [0.2, 0.25) is 0 Å². The van der Waals surface area contributed by atoms with Gasteiger partial charge in [0, 0.05) is 24.3 Å². The minimum Gasteiger partial charge on any atom is -0.479 e. The molecule has 1 fully saturated rings. The van der Waals surface area contributed by atoms with Crippen molar-refractivity contribution >= 4 is 5.91 Å². The van der Waals surface area contributed by atoms with E-state index in [4.69, 9.17) is 9.47 Å². The van der Waals surface area contributed by atoms with E-state index in [-0.39, 0.29) is 11.8 Å². The fraction of sp³-hybridized carbons (Fsp3) is 0.450. The molecule has 0 aliphatic carbocycles. The van der Waals surface area contributed by atoms with E-state index in [0.717, 1.165) is 44.9 Å². The molecule has 0 bridgehead atoms. The summed E-state index contributed by atoms with van der Waals surface area (Å²) in [4.78, 5) is 20.2. The van der Waals surface area contributed by atoms with Gasteiger partial charge in [0.2, 0.25) is 5.82 Å². The molecule has 1 aromatic heterocycles. The van der Waals surface area contributed by atoms with Crippen LogP contribution in [-0.2, 0) is 4.74 Å². The molecule has 7 heteroatoms. The minimum absolute atomic E-state index is 0.107. The quantitative estimate of drug-likeness (QED) is 0.718. The number of carbonyl (C=O) groups is 1. The number of hydrogen-bond donors (Lipinski definition) is 1. The molecule has 0 saturated carbocycles. The number of nitrogens with one attached hydrogen (secondary N) is 1. The molecule has 1 aromatic carbocycles. The van der Waals surface area contributed by atoms with Crippen LogP contribution < -0.4 is 10.1 Å². The van der Waals surface area contributed by atoms with Gasteiger partial charge >= 0.3 is 0 Å². The third-order valence-corrected chi connectivity index (χ3v) is 4.57. The van der Waals surface area contributed by atoms with Crippen molar-refractivity contribution in [1.29, 1.82) is 0 Å². The first kappa shape index (κ1) is 19.2. The largest absolute Gasteiger partial charge is 0.479 e. The monoisotopic (exact) mass is 373 g/mol. The molecule has 27 heavy (non-hydrogen) atoms. The molecular formula is C20H24FN3O3. The van der Waals surface area contributed by atoms with Crippen LogP contribution in [0.3, 0.4) is 0 Å². The zero-order valence-electron chi connectivity index (χ0n) is 15.4. The van der Waals surface area contributed by atoms with E-state index < -0.39 is 5.82 Å². The summed E-state index contributed by atoms with van der Waals surface area (Å²) in [6.45, 7) is 1.53. The third-order valence-electron chi connectivity index (χ3n) is 4.57. The van der Waals surface area contributed by atoms with Gasteiger partial charge < -0.3 is 14.8 Å². The van der Waals surface area contributed by atoms with Gasteiger partial charge in [-0.25, -0.2) is 4.98 Å². The van der Waals surface area contributed by atoms with Crippen molar-refractivity contribution in [2.24, 2.45) is 0 Å². The number of ether oxygens (including phenoxy) is 2. The average Bonchev–Trinajstić information content (AvgIpc) is 3.21. The number of nitrogens with zero attached hydrogens (tertiary/aromatic N) is 2. The van der Waals surface area contributed by atoms with Gasteiger partial charge in [-0.3, -0.25) is 4.79 Å². The van der Waals surface area contributed by atoms with Crippen LogP contribution in [0.4, 0.5) is 4.39 Å². The number of halogens is 1. The van der Waals surface area contributed by atoms with Crippen LogP contribution in [0.5, 0.6) is 5.88 Å². The van der Waals surface area contributed by atoms with Crippen LogP contribution in [0.25, 0.3) is 11.4 Å². The van der Waals surface area contributed by atoms with Gasteiger partial charge in [-0.1, -0.05) is 12.1 Å². The second-order valence-corrected chi connectivity index (χ2v) is 6.51. The van der Waals surface area contributed by atoms with E-state index in [0.29, 0.717) is 29.6 Å². The van der Waals surface area contributed by atoms with Crippen molar-refractivity contribution in [2.45, 2.75) is 38.2 Å². The molecule has 1 N–H and O–H groups in total. The molecule has 1 amide bonds. The Balaban J connectivity index is 1.48.